The molecule has 1 aromatic carbocycles. The van der Waals surface area contributed by atoms with Gasteiger partial charge in [-0.05, 0) is 44.5 Å². The molecule has 30 heavy (non-hydrogen) atoms. The molecule has 0 saturated heterocycles. The van der Waals surface area contributed by atoms with Crippen molar-refractivity contribution >= 4 is 16.8 Å². The zero-order valence-corrected chi connectivity index (χ0v) is 16.2. The largest absolute Gasteiger partial charge is 0.355 e. The second kappa shape index (κ2) is 7.59. The lowest BCUT2D eigenvalue weighted by atomic mass is 9.99. The summed E-state index contributed by atoms with van der Waals surface area (Å²) in [4.78, 5) is 34.9. The third kappa shape index (κ3) is 3.61. The van der Waals surface area contributed by atoms with Gasteiger partial charge in [0.25, 0.3) is 11.5 Å². The van der Waals surface area contributed by atoms with Crippen LogP contribution in [0.4, 0.5) is 13.2 Å². The smallest absolute Gasteiger partial charge is 0.341 e. The van der Waals surface area contributed by atoms with Crippen LogP contribution in [0.25, 0.3) is 10.9 Å². The Kier molecular flexibility index (Phi) is 5.31. The van der Waals surface area contributed by atoms with E-state index in [1.807, 2.05) is 6.07 Å². The van der Waals surface area contributed by atoms with Crippen molar-refractivity contribution in [1.29, 1.82) is 5.26 Å². The van der Waals surface area contributed by atoms with Crippen LogP contribution in [0.1, 0.15) is 41.2 Å². The molecule has 2 N–H and O–H groups in total. The summed E-state index contributed by atoms with van der Waals surface area (Å²) in [6.07, 6.45) is 1.23. The van der Waals surface area contributed by atoms with Crippen LogP contribution in [-0.2, 0) is 10.7 Å². The Morgan fingerprint density at radius 2 is 2.03 bits per heavy atom. The summed E-state index contributed by atoms with van der Waals surface area (Å²) >= 11 is 0. The lowest BCUT2D eigenvalue weighted by Gasteiger charge is -2.21. The van der Waals surface area contributed by atoms with Gasteiger partial charge in [0.2, 0.25) is 0 Å². The number of benzene rings is 1. The molecule has 0 aliphatic heterocycles. The minimum absolute atomic E-state index is 0.0295. The lowest BCUT2D eigenvalue weighted by Crippen LogP contribution is -2.43. The topological polar surface area (TPSA) is 112 Å². The molecule has 0 spiro atoms. The van der Waals surface area contributed by atoms with Crippen molar-refractivity contribution in [2.24, 2.45) is 0 Å². The summed E-state index contributed by atoms with van der Waals surface area (Å²) in [6.45, 7) is 4.16. The minimum Gasteiger partial charge on any atom is -0.341 e. The molecule has 1 atom stereocenters. The Hall–Kier alpha value is -3.74. The molecule has 2 heterocycles. The van der Waals surface area contributed by atoms with E-state index in [9.17, 15) is 22.8 Å². The van der Waals surface area contributed by atoms with Gasteiger partial charge in [-0.15, -0.1) is 0 Å². The highest BCUT2D eigenvalue weighted by atomic mass is 19.3. The number of pyridine rings is 1. The van der Waals surface area contributed by atoms with E-state index in [1.165, 1.54) is 26.1 Å². The first-order chi connectivity index (χ1) is 14.1. The van der Waals surface area contributed by atoms with E-state index in [1.54, 1.807) is 6.92 Å². The molecule has 1 amide bonds. The summed E-state index contributed by atoms with van der Waals surface area (Å²) in [5, 5.41) is 11.1. The number of aromatic nitrogens is 3. The van der Waals surface area contributed by atoms with Gasteiger partial charge in [0.15, 0.2) is 5.82 Å². The highest BCUT2D eigenvalue weighted by Gasteiger charge is 2.45. The number of H-pyrrole nitrogens is 1. The number of aromatic amines is 1. The fourth-order valence-electron chi connectivity index (χ4n) is 3.07. The van der Waals surface area contributed by atoms with Crippen molar-refractivity contribution in [1.82, 2.24) is 20.3 Å². The van der Waals surface area contributed by atoms with Crippen molar-refractivity contribution in [3.05, 3.63) is 68.8 Å². The normalized spacial score (nSPS) is 12.4. The van der Waals surface area contributed by atoms with E-state index in [0.717, 1.165) is 12.1 Å². The Balaban J connectivity index is 1.97. The first kappa shape index (κ1) is 21.0. The van der Waals surface area contributed by atoms with Crippen LogP contribution in [0.15, 0.2) is 29.2 Å². The average molecular weight is 415 g/mol. The molecule has 2 aromatic heterocycles. The zero-order valence-electron chi connectivity index (χ0n) is 16.2. The number of nitrogens with one attached hydrogen (secondary N) is 2. The Morgan fingerprint density at radius 1 is 1.33 bits per heavy atom. The number of hydrogen-bond donors (Lipinski definition) is 2. The highest BCUT2D eigenvalue weighted by molar-refractivity contribution is 5.89. The number of rotatable bonds is 4. The number of halogens is 3. The van der Waals surface area contributed by atoms with E-state index in [4.69, 9.17) is 5.26 Å². The van der Waals surface area contributed by atoms with E-state index >= 15 is 0 Å². The summed E-state index contributed by atoms with van der Waals surface area (Å²) < 4.78 is 43.5. The Morgan fingerprint density at radius 3 is 2.67 bits per heavy atom. The van der Waals surface area contributed by atoms with Crippen LogP contribution in [0.3, 0.4) is 0 Å². The van der Waals surface area contributed by atoms with Gasteiger partial charge in [-0.25, -0.2) is 14.4 Å². The van der Waals surface area contributed by atoms with Crippen LogP contribution in [0.5, 0.6) is 0 Å². The number of hydrogen-bond acceptors (Lipinski definition) is 5. The van der Waals surface area contributed by atoms with Crippen LogP contribution in [-0.4, -0.2) is 20.9 Å². The predicted octanol–water partition coefficient (Wildman–Crippen LogP) is 2.91. The molecular formula is C20H16F3N5O2. The zero-order chi connectivity index (χ0) is 22.2. The molecular weight excluding hydrogens is 399 g/mol. The van der Waals surface area contributed by atoms with Gasteiger partial charge in [0.1, 0.15) is 11.9 Å². The molecule has 0 saturated carbocycles. The quantitative estimate of drug-likeness (QED) is 0.681. The third-order valence-electron chi connectivity index (χ3n) is 4.69. The molecule has 3 aromatic rings. The van der Waals surface area contributed by atoms with Gasteiger partial charge in [0, 0.05) is 17.1 Å². The maximum absolute atomic E-state index is 15.0. The summed E-state index contributed by atoms with van der Waals surface area (Å²) in [5.41, 5.74) is -1.69. The van der Waals surface area contributed by atoms with Crippen molar-refractivity contribution in [2.75, 3.05) is 0 Å². The van der Waals surface area contributed by atoms with E-state index in [2.05, 4.69) is 20.3 Å². The fourth-order valence-corrected chi connectivity index (χ4v) is 3.07. The van der Waals surface area contributed by atoms with Crippen LogP contribution in [0.2, 0.25) is 0 Å². The van der Waals surface area contributed by atoms with E-state index in [-0.39, 0.29) is 27.9 Å². The van der Waals surface area contributed by atoms with Gasteiger partial charge in [-0.3, -0.25) is 9.59 Å². The maximum Gasteiger partial charge on any atom is 0.355 e. The molecule has 0 radical (unpaired) electrons. The number of nitrogens with zero attached hydrogens (tertiary/aromatic N) is 3. The molecule has 0 aliphatic carbocycles. The first-order valence-electron chi connectivity index (χ1n) is 8.81. The number of amides is 1. The van der Waals surface area contributed by atoms with Gasteiger partial charge >= 0.3 is 5.92 Å². The number of alkyl halides is 2. The molecule has 7 nitrogen and oxygen atoms in total. The molecule has 0 aliphatic rings. The van der Waals surface area contributed by atoms with Crippen molar-refractivity contribution in [3.8, 4) is 6.07 Å². The molecule has 0 unspecified atom stereocenters. The van der Waals surface area contributed by atoms with Crippen LogP contribution < -0.4 is 10.9 Å². The van der Waals surface area contributed by atoms with Crippen molar-refractivity contribution in [2.45, 2.75) is 32.7 Å². The third-order valence-corrected chi connectivity index (χ3v) is 4.69. The molecule has 0 bridgehead atoms. The number of carbonyl (C=O) groups excluding carboxylic acids is 1. The van der Waals surface area contributed by atoms with Crippen molar-refractivity contribution < 1.29 is 18.0 Å². The number of carbonyl (C=O) groups is 1. The van der Waals surface area contributed by atoms with Crippen molar-refractivity contribution in [3.63, 3.8) is 0 Å². The maximum atomic E-state index is 15.0. The standard InChI is InChI=1S/C20H16F3N5O2/c1-9-14-6-13(21)4-5-15(14)28-18(29)16(9)20(22,23)19(30)27-11(3)17-25-8-12(7-24)10(2)26-17/h4-6,8,11H,1-3H3,(H,27,30)(H,28,29)/t11-/m0/s1. The van der Waals surface area contributed by atoms with Crippen LogP contribution >= 0.6 is 0 Å². The average Bonchev–Trinajstić information content (AvgIpc) is 2.68. The number of nitriles is 1. The van der Waals surface area contributed by atoms with Gasteiger partial charge < -0.3 is 10.3 Å². The number of fused-ring (bicyclic) bond motifs is 1. The molecule has 154 valence electrons. The first-order valence-corrected chi connectivity index (χ1v) is 8.81. The Bertz CT molecular complexity index is 1260. The summed E-state index contributed by atoms with van der Waals surface area (Å²) in [6, 6.07) is 4.21. The van der Waals surface area contributed by atoms with Gasteiger partial charge in [-0.1, -0.05) is 0 Å². The summed E-state index contributed by atoms with van der Waals surface area (Å²) in [7, 11) is 0. The van der Waals surface area contributed by atoms with Crippen LogP contribution in [0, 0.1) is 31.0 Å². The Labute approximate surface area is 168 Å². The number of aryl methyl sites for hydroxylation is 2. The fraction of sp³-hybridized carbons (Fsp3) is 0.250. The highest BCUT2D eigenvalue weighted by Crippen LogP contribution is 2.32. The molecule has 3 rings (SSSR count). The SMILES string of the molecule is Cc1nc([C@H](C)NC(=O)C(F)(F)c2c(C)c3cc(F)ccc3[nH]c2=O)ncc1C#N. The van der Waals surface area contributed by atoms with E-state index in [0.29, 0.717) is 5.69 Å². The second-order valence-corrected chi connectivity index (χ2v) is 6.75. The minimum atomic E-state index is -4.20. The molecule has 10 heteroatoms. The predicted molar refractivity (Wildman–Crippen MR) is 101 cm³/mol. The summed E-state index contributed by atoms with van der Waals surface area (Å²) in [5.74, 6) is -6.57. The van der Waals surface area contributed by atoms with Gasteiger partial charge in [0.05, 0.1) is 22.9 Å². The monoisotopic (exact) mass is 415 g/mol. The van der Waals surface area contributed by atoms with Gasteiger partial charge in [-0.2, -0.15) is 14.0 Å². The molecule has 0 fully saturated rings. The lowest BCUT2D eigenvalue weighted by molar-refractivity contribution is -0.148. The van der Waals surface area contributed by atoms with E-state index < -0.39 is 34.8 Å². The second-order valence-electron chi connectivity index (χ2n) is 6.75.